The van der Waals surface area contributed by atoms with Crippen molar-refractivity contribution in [3.05, 3.63) is 47.3 Å². The second-order valence-corrected chi connectivity index (χ2v) is 5.46. The molecule has 5 nitrogen and oxygen atoms in total. The molecule has 2 aromatic rings. The van der Waals surface area contributed by atoms with Crippen LogP contribution in [0, 0.1) is 6.92 Å². The van der Waals surface area contributed by atoms with Crippen LogP contribution < -0.4 is 4.74 Å². The number of aromatic nitrogens is 2. The Morgan fingerprint density at radius 3 is 3.14 bits per heavy atom. The Labute approximate surface area is 123 Å². The zero-order valence-electron chi connectivity index (χ0n) is 12.3. The number of aryl methyl sites for hydroxylation is 1. The zero-order chi connectivity index (χ0) is 14.8. The summed E-state index contributed by atoms with van der Waals surface area (Å²) in [6.07, 6.45) is 2.12. The van der Waals surface area contributed by atoms with Crippen LogP contribution in [0.15, 0.2) is 30.5 Å². The maximum atomic E-state index is 12.5. The summed E-state index contributed by atoms with van der Waals surface area (Å²) in [5, 5.41) is 7.00. The quantitative estimate of drug-likeness (QED) is 0.939. The summed E-state index contributed by atoms with van der Waals surface area (Å²) >= 11 is 0. The number of aromatic amines is 1. The average Bonchev–Trinajstić information content (AvgIpc) is 2.93. The van der Waals surface area contributed by atoms with Gasteiger partial charge in [-0.3, -0.25) is 9.89 Å². The molecular weight excluding hydrogens is 266 g/mol. The Balaban J connectivity index is 1.65. The Hall–Kier alpha value is -2.30. The summed E-state index contributed by atoms with van der Waals surface area (Å²) in [6.45, 7) is 5.11. The standard InChI is InChI=1S/C16H19N3O2/c1-11-4-3-5-14(8-11)21-12(2)16(20)19-7-6-15-13(10-19)9-17-18-15/h3-5,8-9,12H,6-7,10H2,1-2H3,(H,17,18). The van der Waals surface area contributed by atoms with Gasteiger partial charge in [-0.25, -0.2) is 0 Å². The lowest BCUT2D eigenvalue weighted by Crippen LogP contribution is -2.43. The predicted octanol–water partition coefficient (Wildman–Crippen LogP) is 2.07. The van der Waals surface area contributed by atoms with E-state index in [4.69, 9.17) is 4.74 Å². The summed E-state index contributed by atoms with van der Waals surface area (Å²) in [5.74, 6) is 0.750. The number of carbonyl (C=O) groups excluding carboxylic acids is 1. The number of benzene rings is 1. The average molecular weight is 285 g/mol. The third-order valence-electron chi connectivity index (χ3n) is 3.76. The first-order chi connectivity index (χ1) is 10.1. The molecule has 1 atom stereocenters. The van der Waals surface area contributed by atoms with Gasteiger partial charge >= 0.3 is 0 Å². The molecule has 21 heavy (non-hydrogen) atoms. The first-order valence-electron chi connectivity index (χ1n) is 7.16. The monoisotopic (exact) mass is 285 g/mol. The Morgan fingerprint density at radius 2 is 2.33 bits per heavy atom. The number of nitrogens with zero attached hydrogens (tertiary/aromatic N) is 2. The van der Waals surface area contributed by atoms with Gasteiger partial charge in [-0.1, -0.05) is 12.1 Å². The topological polar surface area (TPSA) is 58.2 Å². The molecule has 110 valence electrons. The van der Waals surface area contributed by atoms with Crippen molar-refractivity contribution in [1.82, 2.24) is 15.1 Å². The van der Waals surface area contributed by atoms with Crippen molar-refractivity contribution in [2.24, 2.45) is 0 Å². The Morgan fingerprint density at radius 1 is 1.48 bits per heavy atom. The van der Waals surface area contributed by atoms with E-state index in [0.29, 0.717) is 13.1 Å². The van der Waals surface area contributed by atoms with Gasteiger partial charge in [-0.2, -0.15) is 5.10 Å². The molecule has 0 bridgehead atoms. The molecule has 0 fully saturated rings. The second-order valence-electron chi connectivity index (χ2n) is 5.46. The van der Waals surface area contributed by atoms with Crippen LogP contribution in [0.3, 0.4) is 0 Å². The fraction of sp³-hybridized carbons (Fsp3) is 0.375. The smallest absolute Gasteiger partial charge is 0.263 e. The van der Waals surface area contributed by atoms with Crippen LogP contribution in [0.5, 0.6) is 5.75 Å². The predicted molar refractivity (Wildman–Crippen MR) is 79.0 cm³/mol. The van der Waals surface area contributed by atoms with Crippen molar-refractivity contribution in [3.63, 3.8) is 0 Å². The maximum Gasteiger partial charge on any atom is 0.263 e. The minimum Gasteiger partial charge on any atom is -0.481 e. The van der Waals surface area contributed by atoms with E-state index in [0.717, 1.165) is 29.0 Å². The summed E-state index contributed by atoms with van der Waals surface area (Å²) in [5.41, 5.74) is 3.34. The highest BCUT2D eigenvalue weighted by Gasteiger charge is 2.26. The zero-order valence-corrected chi connectivity index (χ0v) is 12.3. The molecular formula is C16H19N3O2. The molecule has 0 radical (unpaired) electrons. The minimum absolute atomic E-state index is 0.0170. The molecule has 3 rings (SSSR count). The maximum absolute atomic E-state index is 12.5. The Bertz CT molecular complexity index is 650. The second kappa shape index (κ2) is 5.60. The lowest BCUT2D eigenvalue weighted by Gasteiger charge is -2.29. The van der Waals surface area contributed by atoms with Gasteiger partial charge in [-0.15, -0.1) is 0 Å². The van der Waals surface area contributed by atoms with Crippen molar-refractivity contribution in [2.75, 3.05) is 6.54 Å². The van der Waals surface area contributed by atoms with E-state index >= 15 is 0 Å². The van der Waals surface area contributed by atoms with E-state index in [1.807, 2.05) is 36.1 Å². The van der Waals surface area contributed by atoms with Crippen molar-refractivity contribution in [1.29, 1.82) is 0 Å². The van der Waals surface area contributed by atoms with Crippen LogP contribution in [-0.2, 0) is 17.8 Å². The lowest BCUT2D eigenvalue weighted by molar-refractivity contribution is -0.138. The first-order valence-corrected chi connectivity index (χ1v) is 7.16. The summed E-state index contributed by atoms with van der Waals surface area (Å²) in [7, 11) is 0. The molecule has 1 aliphatic heterocycles. The van der Waals surface area contributed by atoms with E-state index in [-0.39, 0.29) is 5.91 Å². The van der Waals surface area contributed by atoms with Gasteiger partial charge in [0.1, 0.15) is 5.75 Å². The number of H-pyrrole nitrogens is 1. The van der Waals surface area contributed by atoms with Crippen LogP contribution in [-0.4, -0.2) is 33.7 Å². The number of amides is 1. The molecule has 0 saturated heterocycles. The van der Waals surface area contributed by atoms with Crippen molar-refractivity contribution < 1.29 is 9.53 Å². The van der Waals surface area contributed by atoms with Crippen molar-refractivity contribution in [3.8, 4) is 5.75 Å². The molecule has 1 aromatic carbocycles. The molecule has 0 aliphatic carbocycles. The van der Waals surface area contributed by atoms with E-state index in [1.165, 1.54) is 0 Å². The summed E-state index contributed by atoms with van der Waals surface area (Å²) in [4.78, 5) is 14.3. The first kappa shape index (κ1) is 13.7. The SMILES string of the molecule is Cc1cccc(OC(C)C(=O)N2CCc3[nH]ncc3C2)c1. The highest BCUT2D eigenvalue weighted by molar-refractivity contribution is 5.81. The molecule has 0 saturated carbocycles. The van der Waals surface area contributed by atoms with Crippen molar-refractivity contribution in [2.45, 2.75) is 32.9 Å². The van der Waals surface area contributed by atoms with Gasteiger partial charge in [0.05, 0.1) is 6.20 Å². The summed E-state index contributed by atoms with van der Waals surface area (Å²) in [6, 6.07) is 7.75. The fourth-order valence-electron chi connectivity index (χ4n) is 2.61. The molecule has 0 spiro atoms. The van der Waals surface area contributed by atoms with Crippen LogP contribution in [0.2, 0.25) is 0 Å². The molecule has 1 N–H and O–H groups in total. The van der Waals surface area contributed by atoms with Crippen LogP contribution in [0.25, 0.3) is 0 Å². The molecule has 1 aliphatic rings. The van der Waals surface area contributed by atoms with Gasteiger partial charge in [-0.05, 0) is 31.5 Å². The lowest BCUT2D eigenvalue weighted by atomic mass is 10.1. The molecule has 2 heterocycles. The highest BCUT2D eigenvalue weighted by Crippen LogP contribution is 2.19. The van der Waals surface area contributed by atoms with Gasteiger partial charge in [0.15, 0.2) is 6.10 Å². The molecule has 5 heteroatoms. The van der Waals surface area contributed by atoms with Gasteiger partial charge in [0.2, 0.25) is 0 Å². The van der Waals surface area contributed by atoms with Crippen LogP contribution in [0.4, 0.5) is 0 Å². The number of rotatable bonds is 3. The van der Waals surface area contributed by atoms with E-state index in [9.17, 15) is 4.79 Å². The summed E-state index contributed by atoms with van der Waals surface area (Å²) < 4.78 is 5.76. The number of hydrogen-bond donors (Lipinski definition) is 1. The van der Waals surface area contributed by atoms with E-state index in [2.05, 4.69) is 10.2 Å². The molecule has 1 amide bonds. The minimum atomic E-state index is -0.486. The number of nitrogens with one attached hydrogen (secondary N) is 1. The third kappa shape index (κ3) is 2.91. The largest absolute Gasteiger partial charge is 0.481 e. The fourth-order valence-corrected chi connectivity index (χ4v) is 2.61. The third-order valence-corrected chi connectivity index (χ3v) is 3.76. The van der Waals surface area contributed by atoms with Crippen LogP contribution in [0.1, 0.15) is 23.7 Å². The number of carbonyl (C=O) groups is 1. The Kier molecular flexibility index (Phi) is 3.64. The van der Waals surface area contributed by atoms with Gasteiger partial charge in [0, 0.05) is 30.8 Å². The normalized spacial score (nSPS) is 15.4. The van der Waals surface area contributed by atoms with Crippen LogP contribution >= 0.6 is 0 Å². The highest BCUT2D eigenvalue weighted by atomic mass is 16.5. The van der Waals surface area contributed by atoms with Crippen molar-refractivity contribution >= 4 is 5.91 Å². The number of ether oxygens (including phenoxy) is 1. The van der Waals surface area contributed by atoms with E-state index < -0.39 is 6.10 Å². The number of fused-ring (bicyclic) bond motifs is 1. The van der Waals surface area contributed by atoms with E-state index in [1.54, 1.807) is 13.1 Å². The van der Waals surface area contributed by atoms with Gasteiger partial charge in [0.25, 0.3) is 5.91 Å². The van der Waals surface area contributed by atoms with Gasteiger partial charge < -0.3 is 9.64 Å². The number of hydrogen-bond acceptors (Lipinski definition) is 3. The molecule has 1 unspecified atom stereocenters. The molecule has 1 aromatic heterocycles.